The van der Waals surface area contributed by atoms with Gasteiger partial charge in [0.05, 0.1) is 6.04 Å². The summed E-state index contributed by atoms with van der Waals surface area (Å²) in [5, 5.41) is 15.4. The maximum atomic E-state index is 12.6. The highest BCUT2D eigenvalue weighted by Gasteiger charge is 2.41. The van der Waals surface area contributed by atoms with Gasteiger partial charge in [0.25, 0.3) is 5.91 Å². The van der Waals surface area contributed by atoms with Gasteiger partial charge in [-0.05, 0) is 67.4 Å². The molecule has 1 aliphatic heterocycles. The van der Waals surface area contributed by atoms with E-state index in [0.29, 0.717) is 30.6 Å². The summed E-state index contributed by atoms with van der Waals surface area (Å²) in [6, 6.07) is 10.4. The Kier molecular flexibility index (Phi) is 8.48. The van der Waals surface area contributed by atoms with Crippen molar-refractivity contribution in [2.75, 3.05) is 13.1 Å². The Morgan fingerprint density at radius 3 is 2.40 bits per heavy atom. The summed E-state index contributed by atoms with van der Waals surface area (Å²) in [4.78, 5) is 35.8. The number of phenols is 1. The molecule has 0 spiro atoms. The highest BCUT2D eigenvalue weighted by Crippen LogP contribution is 2.21. The number of hydrogen-bond acceptors (Lipinski definition) is 7. The minimum atomic E-state index is -5.10. The number of halogens is 3. The number of aromatic hydroxyl groups is 1. The van der Waals surface area contributed by atoms with Crippen LogP contribution in [0.15, 0.2) is 54.6 Å². The lowest BCUT2D eigenvalue weighted by Crippen LogP contribution is -2.49. The SMILES string of the molecule is O=C(C=Cc1ccc(OC(=O)C(F)(F)F)cc1)O[C@@H]1CCCNC[C@H]1NC(=O)c1ccc(O)cc1. The zero-order chi connectivity index (χ0) is 25.4. The van der Waals surface area contributed by atoms with Crippen molar-refractivity contribution in [3.8, 4) is 11.5 Å². The minimum Gasteiger partial charge on any atom is -0.508 e. The molecule has 2 atom stereocenters. The Morgan fingerprint density at radius 1 is 1.06 bits per heavy atom. The molecule has 2 aromatic carbocycles. The predicted octanol–water partition coefficient (Wildman–Crippen LogP) is 2.97. The highest BCUT2D eigenvalue weighted by atomic mass is 19.4. The van der Waals surface area contributed by atoms with Crippen molar-refractivity contribution in [2.45, 2.75) is 31.2 Å². The van der Waals surface area contributed by atoms with Gasteiger partial charge >= 0.3 is 18.1 Å². The second-order valence-electron chi connectivity index (χ2n) is 7.74. The molecule has 3 rings (SSSR count). The van der Waals surface area contributed by atoms with Gasteiger partial charge in [-0.25, -0.2) is 9.59 Å². The maximum absolute atomic E-state index is 12.6. The van der Waals surface area contributed by atoms with Crippen molar-refractivity contribution in [1.29, 1.82) is 0 Å². The molecule has 0 unspecified atom stereocenters. The minimum absolute atomic E-state index is 0.0354. The Labute approximate surface area is 198 Å². The fraction of sp³-hybridized carbons (Fsp3) is 0.292. The molecular weight excluding hydrogens is 469 g/mol. The van der Waals surface area contributed by atoms with E-state index in [4.69, 9.17) is 4.74 Å². The van der Waals surface area contributed by atoms with E-state index in [9.17, 15) is 32.7 Å². The Balaban J connectivity index is 1.58. The number of amides is 1. The zero-order valence-electron chi connectivity index (χ0n) is 18.4. The summed E-state index contributed by atoms with van der Waals surface area (Å²) in [5.74, 6) is -3.61. The smallest absolute Gasteiger partial charge is 0.491 e. The van der Waals surface area contributed by atoms with Gasteiger partial charge in [0.2, 0.25) is 0 Å². The molecule has 0 aliphatic carbocycles. The molecule has 0 aromatic heterocycles. The summed E-state index contributed by atoms with van der Waals surface area (Å²) in [6.45, 7) is 1.09. The van der Waals surface area contributed by atoms with Crippen LogP contribution >= 0.6 is 0 Å². The zero-order valence-corrected chi connectivity index (χ0v) is 18.4. The van der Waals surface area contributed by atoms with E-state index in [1.165, 1.54) is 54.6 Å². The van der Waals surface area contributed by atoms with Gasteiger partial charge in [-0.2, -0.15) is 13.2 Å². The van der Waals surface area contributed by atoms with Gasteiger partial charge in [-0.1, -0.05) is 12.1 Å². The van der Waals surface area contributed by atoms with Gasteiger partial charge in [0.1, 0.15) is 17.6 Å². The van der Waals surface area contributed by atoms with Crippen molar-refractivity contribution in [3.05, 3.63) is 65.7 Å². The fourth-order valence-electron chi connectivity index (χ4n) is 3.33. The molecule has 0 radical (unpaired) electrons. The van der Waals surface area contributed by atoms with E-state index in [2.05, 4.69) is 15.4 Å². The van der Waals surface area contributed by atoms with E-state index in [1.54, 1.807) is 0 Å². The van der Waals surface area contributed by atoms with Gasteiger partial charge in [-0.15, -0.1) is 0 Å². The van der Waals surface area contributed by atoms with Crippen molar-refractivity contribution < 1.29 is 42.1 Å². The van der Waals surface area contributed by atoms with Gasteiger partial charge in [0.15, 0.2) is 0 Å². The van der Waals surface area contributed by atoms with Crippen LogP contribution < -0.4 is 15.4 Å². The number of hydrogen-bond donors (Lipinski definition) is 3. The standard InChI is InChI=1S/C24H23F3N2O6/c25-24(26,27)23(33)34-18-10-3-15(4-11-18)5-12-21(31)35-20-2-1-13-28-14-19(20)29-22(32)16-6-8-17(30)9-7-16/h3-12,19-20,28,30H,1-2,13-14H2,(H,29,32)/t19-,20-/m1/s1. The third kappa shape index (κ3) is 7.85. The first-order chi connectivity index (χ1) is 16.6. The summed E-state index contributed by atoms with van der Waals surface area (Å²) < 4.78 is 46.6. The van der Waals surface area contributed by atoms with Crippen LogP contribution in [-0.4, -0.2) is 54.4 Å². The Bertz CT molecular complexity index is 1070. The quantitative estimate of drug-likeness (QED) is 0.323. The first kappa shape index (κ1) is 25.8. The molecule has 1 amide bonds. The number of ether oxygens (including phenoxy) is 2. The van der Waals surface area contributed by atoms with E-state index in [0.717, 1.165) is 12.5 Å². The average Bonchev–Trinajstić information content (AvgIpc) is 3.03. The van der Waals surface area contributed by atoms with Crippen molar-refractivity contribution in [3.63, 3.8) is 0 Å². The first-order valence-electron chi connectivity index (χ1n) is 10.7. The Hall–Kier alpha value is -3.86. The monoisotopic (exact) mass is 492 g/mol. The third-order valence-corrected chi connectivity index (χ3v) is 5.10. The number of rotatable bonds is 6. The van der Waals surface area contributed by atoms with E-state index < -0.39 is 30.3 Å². The lowest BCUT2D eigenvalue weighted by molar-refractivity contribution is -0.189. The number of esters is 2. The van der Waals surface area contributed by atoms with Crippen molar-refractivity contribution >= 4 is 23.9 Å². The second-order valence-corrected chi connectivity index (χ2v) is 7.74. The van der Waals surface area contributed by atoms with Crippen LogP contribution in [-0.2, 0) is 14.3 Å². The number of nitrogens with one attached hydrogen (secondary N) is 2. The molecule has 3 N–H and O–H groups in total. The third-order valence-electron chi connectivity index (χ3n) is 5.10. The predicted molar refractivity (Wildman–Crippen MR) is 119 cm³/mol. The van der Waals surface area contributed by atoms with Crippen LogP contribution in [0.2, 0.25) is 0 Å². The molecule has 8 nitrogen and oxygen atoms in total. The number of benzene rings is 2. The number of phenolic OH excluding ortho intramolecular Hbond substituents is 1. The van der Waals surface area contributed by atoms with Gasteiger partial charge < -0.3 is 25.2 Å². The molecule has 186 valence electrons. The highest BCUT2D eigenvalue weighted by molar-refractivity contribution is 5.94. The number of carbonyl (C=O) groups excluding carboxylic acids is 3. The first-order valence-corrected chi connectivity index (χ1v) is 10.7. The lowest BCUT2D eigenvalue weighted by atomic mass is 10.1. The molecule has 1 fully saturated rings. The molecule has 2 aromatic rings. The number of carbonyl (C=O) groups is 3. The van der Waals surface area contributed by atoms with E-state index in [-0.39, 0.29) is 17.4 Å². The normalized spacial score (nSPS) is 18.5. The molecule has 35 heavy (non-hydrogen) atoms. The largest absolute Gasteiger partial charge is 0.508 e. The molecule has 1 saturated heterocycles. The van der Waals surface area contributed by atoms with Crippen LogP contribution in [0.1, 0.15) is 28.8 Å². The Morgan fingerprint density at radius 2 is 1.74 bits per heavy atom. The van der Waals surface area contributed by atoms with E-state index >= 15 is 0 Å². The summed E-state index contributed by atoms with van der Waals surface area (Å²) in [6.07, 6.45) is -1.88. The molecule has 0 saturated carbocycles. The van der Waals surface area contributed by atoms with Crippen LogP contribution in [0.3, 0.4) is 0 Å². The summed E-state index contributed by atoms with van der Waals surface area (Å²) in [5.41, 5.74) is 0.815. The van der Waals surface area contributed by atoms with Crippen LogP contribution in [0.5, 0.6) is 11.5 Å². The molecule has 1 aliphatic rings. The van der Waals surface area contributed by atoms with Crippen molar-refractivity contribution in [2.24, 2.45) is 0 Å². The van der Waals surface area contributed by atoms with Gasteiger partial charge in [0, 0.05) is 18.2 Å². The topological polar surface area (TPSA) is 114 Å². The molecular formula is C24H23F3N2O6. The second kappa shape index (κ2) is 11.5. The van der Waals surface area contributed by atoms with Gasteiger partial charge in [-0.3, -0.25) is 4.79 Å². The summed E-state index contributed by atoms with van der Waals surface area (Å²) in [7, 11) is 0. The molecule has 0 bridgehead atoms. The van der Waals surface area contributed by atoms with E-state index in [1.807, 2.05) is 0 Å². The number of alkyl halides is 3. The van der Waals surface area contributed by atoms with Crippen LogP contribution in [0.4, 0.5) is 13.2 Å². The van der Waals surface area contributed by atoms with Crippen molar-refractivity contribution in [1.82, 2.24) is 10.6 Å². The fourth-order valence-corrected chi connectivity index (χ4v) is 3.33. The van der Waals surface area contributed by atoms with Crippen LogP contribution in [0, 0.1) is 0 Å². The average molecular weight is 492 g/mol. The summed E-state index contributed by atoms with van der Waals surface area (Å²) >= 11 is 0. The maximum Gasteiger partial charge on any atom is 0.491 e. The lowest BCUT2D eigenvalue weighted by Gasteiger charge is -2.25. The van der Waals surface area contributed by atoms with Crippen LogP contribution in [0.25, 0.3) is 6.08 Å². The molecule has 11 heteroatoms. The molecule has 1 heterocycles.